The van der Waals surface area contributed by atoms with E-state index in [-0.39, 0.29) is 29.7 Å². The molecular formula is C4H12Au2Br2-4. The van der Waals surface area contributed by atoms with Crippen molar-refractivity contribution in [2.45, 2.75) is 0 Å². The van der Waals surface area contributed by atoms with Crippen LogP contribution in [0.15, 0.2) is 0 Å². The van der Waals surface area contributed by atoms with Gasteiger partial charge in [-0.15, -0.1) is 0 Å². The van der Waals surface area contributed by atoms with Crippen molar-refractivity contribution < 1.29 is 37.9 Å². The fourth-order valence-corrected chi connectivity index (χ4v) is 0. The summed E-state index contributed by atoms with van der Waals surface area (Å²) in [6.45, 7) is 0. The van der Waals surface area contributed by atoms with Crippen molar-refractivity contribution in [3.05, 3.63) is 29.7 Å². The van der Waals surface area contributed by atoms with Crippen LogP contribution in [0, 0.1) is 29.7 Å². The molecule has 0 aromatic heterocycles. The second kappa shape index (κ2) is 113. The molecule has 0 bridgehead atoms. The molecule has 0 heterocycles. The van der Waals surface area contributed by atoms with Crippen molar-refractivity contribution in [3.63, 3.8) is 0 Å². The van der Waals surface area contributed by atoms with Crippen molar-refractivity contribution >= 4 is 26.0 Å². The van der Waals surface area contributed by atoms with Crippen LogP contribution < -0.4 is 0 Å². The van der Waals surface area contributed by atoms with E-state index in [0.29, 0.717) is 0 Å². The predicted octanol–water partition coefficient (Wildman–Crippen LogP) is 3.49. The second-order valence-electron chi connectivity index (χ2n) is 0. The monoisotopic (exact) mass is 612 g/mol. The summed E-state index contributed by atoms with van der Waals surface area (Å²) in [5.41, 5.74) is 0. The molecule has 0 amide bonds. The van der Waals surface area contributed by atoms with Crippen molar-refractivity contribution in [2.24, 2.45) is 0 Å². The van der Waals surface area contributed by atoms with Crippen LogP contribution in [0.5, 0.6) is 0 Å². The zero-order valence-corrected chi connectivity index (χ0v) is 12.9. The quantitative estimate of drug-likeness (QED) is 0.290. The van der Waals surface area contributed by atoms with E-state index in [0.717, 1.165) is 0 Å². The largest absolute Gasteiger partial charge is 0.358 e. The van der Waals surface area contributed by atoms with E-state index in [2.05, 4.69) is 63.9 Å². The van der Waals surface area contributed by atoms with Crippen molar-refractivity contribution in [1.82, 2.24) is 0 Å². The van der Waals surface area contributed by atoms with Gasteiger partial charge in [-0.05, 0) is 0 Å². The minimum atomic E-state index is 0. The van der Waals surface area contributed by atoms with Gasteiger partial charge in [0.05, 0.1) is 0 Å². The number of hydrogen-bond donors (Lipinski definition) is 0. The molecule has 4 heteroatoms. The van der Waals surface area contributed by atoms with Gasteiger partial charge in [0, 0.05) is 0 Å². The molecule has 0 saturated carbocycles. The standard InChI is InChI=1S/4CH3.2Au.2BrH/h4*1H3;;;2*1H/q4*-1;2*+1;;/p-2. The Labute approximate surface area is 92.3 Å². The first kappa shape index (κ1) is 47.2. The van der Waals surface area contributed by atoms with Crippen LogP contribution >= 0.6 is 26.0 Å². The minimum Gasteiger partial charge on any atom is -0.358 e. The van der Waals surface area contributed by atoms with Crippen LogP contribution in [-0.2, 0) is 37.9 Å². The topological polar surface area (TPSA) is 0 Å². The Kier molecular flexibility index (Phi) is 666. The molecule has 8 heavy (non-hydrogen) atoms. The number of hydrogen-bond acceptors (Lipinski definition) is 0. The molecule has 68 valence electrons. The molecule has 0 aliphatic rings. The molecule has 0 aromatic carbocycles. The fraction of sp³-hybridized carbons (Fsp3) is 0. The molecule has 0 atom stereocenters. The van der Waals surface area contributed by atoms with Gasteiger partial charge >= 0.3 is 63.9 Å². The third kappa shape index (κ3) is 78.5. The summed E-state index contributed by atoms with van der Waals surface area (Å²) >= 11 is 9.94. The van der Waals surface area contributed by atoms with Gasteiger partial charge in [0.25, 0.3) is 0 Å². The Bertz CT molecular complexity index is 12.0. The van der Waals surface area contributed by atoms with Gasteiger partial charge in [-0.25, -0.2) is 0 Å². The third-order valence-electron chi connectivity index (χ3n) is 0. The van der Waals surface area contributed by atoms with Crippen LogP contribution in [0.4, 0.5) is 0 Å². The van der Waals surface area contributed by atoms with E-state index in [4.69, 9.17) is 0 Å². The average Bonchev–Trinajstić information content (AvgIpc) is 1.50. The van der Waals surface area contributed by atoms with Crippen molar-refractivity contribution in [2.75, 3.05) is 0 Å². The molecule has 0 aromatic rings. The summed E-state index contributed by atoms with van der Waals surface area (Å²) in [6, 6.07) is 0. The summed E-state index contributed by atoms with van der Waals surface area (Å²) in [4.78, 5) is 0. The van der Waals surface area contributed by atoms with E-state index in [9.17, 15) is 0 Å². The molecular weight excluding hydrogens is 602 g/mol. The minimum absolute atomic E-state index is 0. The van der Waals surface area contributed by atoms with E-state index >= 15 is 0 Å². The Balaban J connectivity index is -0.00000000167. The molecule has 0 aliphatic heterocycles. The molecule has 0 N–H and O–H groups in total. The van der Waals surface area contributed by atoms with Gasteiger partial charge in [0.1, 0.15) is 0 Å². The van der Waals surface area contributed by atoms with Crippen LogP contribution in [-0.4, -0.2) is 0 Å². The molecule has 0 saturated heterocycles. The zero-order chi connectivity index (χ0) is 4.00. The zero-order valence-electron chi connectivity index (χ0n) is 5.36. The second-order valence-corrected chi connectivity index (χ2v) is 0. The van der Waals surface area contributed by atoms with Gasteiger partial charge in [0.2, 0.25) is 0 Å². The summed E-state index contributed by atoms with van der Waals surface area (Å²) in [7, 11) is 0. The predicted molar refractivity (Wildman–Crippen MR) is 43.5 cm³/mol. The Morgan fingerprint density at radius 1 is 0.500 bits per heavy atom. The Hall–Kier alpha value is 2.44. The first-order chi connectivity index (χ1) is 2.00. The summed E-state index contributed by atoms with van der Waals surface area (Å²) in [5.74, 6) is 0. The maximum Gasteiger partial charge on any atom is -0.358 e. The van der Waals surface area contributed by atoms with E-state index in [1.54, 1.807) is 0 Å². The van der Waals surface area contributed by atoms with Crippen molar-refractivity contribution in [3.8, 4) is 0 Å². The Morgan fingerprint density at radius 2 is 0.500 bits per heavy atom. The Morgan fingerprint density at radius 3 is 0.500 bits per heavy atom. The molecule has 0 aliphatic carbocycles. The maximum atomic E-state index is 2.88. The molecule has 0 unspecified atom stereocenters. The van der Waals surface area contributed by atoms with Gasteiger partial charge in [-0.3, -0.25) is 0 Å². The van der Waals surface area contributed by atoms with E-state index < -0.39 is 0 Å². The van der Waals surface area contributed by atoms with Crippen LogP contribution in [0.3, 0.4) is 0 Å². The molecule has 0 spiro atoms. The fourth-order valence-electron chi connectivity index (χ4n) is 0. The molecule has 0 radical (unpaired) electrons. The van der Waals surface area contributed by atoms with Crippen LogP contribution in [0.25, 0.3) is 0 Å². The summed E-state index contributed by atoms with van der Waals surface area (Å²) < 4.78 is 0. The first-order valence-electron chi connectivity index (χ1n) is 0.228. The van der Waals surface area contributed by atoms with Gasteiger partial charge in [-0.2, -0.15) is 0 Å². The van der Waals surface area contributed by atoms with Gasteiger partial charge < -0.3 is 29.7 Å². The van der Waals surface area contributed by atoms with Crippen LogP contribution in [0.1, 0.15) is 0 Å². The number of rotatable bonds is 0. The summed E-state index contributed by atoms with van der Waals surface area (Å²) in [6.07, 6.45) is 0. The van der Waals surface area contributed by atoms with Crippen LogP contribution in [0.2, 0.25) is 0 Å². The maximum absolute atomic E-state index is 2.88. The van der Waals surface area contributed by atoms with Gasteiger partial charge in [0.15, 0.2) is 0 Å². The smallest absolute Gasteiger partial charge is 0.358 e. The van der Waals surface area contributed by atoms with Crippen molar-refractivity contribution in [1.29, 1.82) is 0 Å². The first-order valence-corrected chi connectivity index (χ1v) is 9.69. The average molecular weight is 614 g/mol. The number of halogens is 2. The summed E-state index contributed by atoms with van der Waals surface area (Å²) in [5, 5.41) is 0. The SMILES string of the molecule is [Br][Au].[Br][Au].[CH3-].[CH3-].[CH3-].[CH3-]. The molecule has 0 rings (SSSR count). The van der Waals surface area contributed by atoms with E-state index in [1.165, 1.54) is 0 Å². The van der Waals surface area contributed by atoms with E-state index in [1.807, 2.05) is 0 Å². The molecule has 0 nitrogen and oxygen atoms in total. The van der Waals surface area contributed by atoms with Gasteiger partial charge in [-0.1, -0.05) is 0 Å². The molecule has 0 fully saturated rings. The normalized spacial score (nSPS) is 1.75. The third-order valence-corrected chi connectivity index (χ3v) is 0.